The second kappa shape index (κ2) is 5.77. The van der Waals surface area contributed by atoms with E-state index in [1.54, 1.807) is 36.7 Å². The Hall–Kier alpha value is -2.30. The Balaban J connectivity index is 2.35. The number of anilines is 1. The fraction of sp³-hybridized carbons (Fsp3) is 0.133. The van der Waals surface area contributed by atoms with Gasteiger partial charge in [0, 0.05) is 0 Å². The van der Waals surface area contributed by atoms with E-state index < -0.39 is 11.7 Å². The smallest absolute Gasteiger partial charge is 0.299 e. The number of amides is 1. The molecule has 20 heavy (non-hydrogen) atoms. The van der Waals surface area contributed by atoms with Gasteiger partial charge in [-0.1, -0.05) is 42.5 Å². The molecule has 103 valence electrons. The molecule has 0 aromatic heterocycles. The Labute approximate surface area is 114 Å². The highest BCUT2D eigenvalue weighted by molar-refractivity contribution is 5.77. The highest BCUT2D eigenvalue weighted by atomic mass is 19.4. The normalized spacial score (nSPS) is 11.2. The minimum atomic E-state index is -4.51. The highest BCUT2D eigenvalue weighted by Gasteiger charge is 2.34. The Bertz CT molecular complexity index is 581. The van der Waals surface area contributed by atoms with Gasteiger partial charge < -0.3 is 0 Å². The Morgan fingerprint density at radius 1 is 0.950 bits per heavy atom. The second-order valence-corrected chi connectivity index (χ2v) is 4.18. The fourth-order valence-corrected chi connectivity index (χ4v) is 1.88. The van der Waals surface area contributed by atoms with Crippen LogP contribution in [0.5, 0.6) is 0 Å². The first-order valence-electron chi connectivity index (χ1n) is 5.88. The van der Waals surface area contributed by atoms with Gasteiger partial charge in [0.25, 0.3) is 0 Å². The van der Waals surface area contributed by atoms with Crippen molar-refractivity contribution in [3.8, 4) is 0 Å². The zero-order valence-electron chi connectivity index (χ0n) is 10.4. The molecule has 2 rings (SSSR count). The van der Waals surface area contributed by atoms with Crippen LogP contribution in [-0.4, -0.2) is 6.41 Å². The molecular weight excluding hydrogens is 267 g/mol. The summed E-state index contributed by atoms with van der Waals surface area (Å²) in [6.07, 6.45) is -2.95. The molecule has 1 amide bonds. The lowest BCUT2D eigenvalue weighted by Crippen LogP contribution is -2.23. The zero-order valence-corrected chi connectivity index (χ0v) is 10.4. The number of hydrogen-bond acceptors (Lipinski definition) is 1. The minimum Gasteiger partial charge on any atom is -0.299 e. The first kappa shape index (κ1) is 14.1. The number of rotatable bonds is 4. The molecule has 0 aliphatic heterocycles. The topological polar surface area (TPSA) is 20.3 Å². The largest absolute Gasteiger partial charge is 0.418 e. The number of alkyl halides is 3. The SMILES string of the molecule is O=[C]N(Cc1ccccc1)c1ccccc1C(F)(F)F. The first-order chi connectivity index (χ1) is 9.52. The highest BCUT2D eigenvalue weighted by Crippen LogP contribution is 2.36. The van der Waals surface area contributed by atoms with Crippen molar-refractivity contribution < 1.29 is 18.0 Å². The van der Waals surface area contributed by atoms with Crippen molar-refractivity contribution in [2.75, 3.05) is 4.90 Å². The summed E-state index contributed by atoms with van der Waals surface area (Å²) < 4.78 is 38.8. The van der Waals surface area contributed by atoms with Crippen LogP contribution >= 0.6 is 0 Å². The summed E-state index contributed by atoms with van der Waals surface area (Å²) >= 11 is 0. The van der Waals surface area contributed by atoms with Crippen LogP contribution in [-0.2, 0) is 17.5 Å². The number of hydrogen-bond donors (Lipinski definition) is 0. The molecule has 0 unspecified atom stereocenters. The minimum absolute atomic E-state index is 0.0391. The maximum atomic E-state index is 12.9. The van der Waals surface area contributed by atoms with E-state index in [2.05, 4.69) is 0 Å². The Morgan fingerprint density at radius 3 is 2.15 bits per heavy atom. The maximum Gasteiger partial charge on any atom is 0.418 e. The van der Waals surface area contributed by atoms with Crippen LogP contribution in [0.2, 0.25) is 0 Å². The van der Waals surface area contributed by atoms with Crippen molar-refractivity contribution in [3.63, 3.8) is 0 Å². The summed E-state index contributed by atoms with van der Waals surface area (Å²) in [5, 5.41) is 0. The molecule has 2 aromatic carbocycles. The molecule has 0 spiro atoms. The van der Waals surface area contributed by atoms with E-state index in [1.165, 1.54) is 18.2 Å². The van der Waals surface area contributed by atoms with Gasteiger partial charge >= 0.3 is 12.6 Å². The van der Waals surface area contributed by atoms with Gasteiger partial charge in [0.2, 0.25) is 0 Å². The zero-order chi connectivity index (χ0) is 14.6. The van der Waals surface area contributed by atoms with Crippen molar-refractivity contribution in [2.24, 2.45) is 0 Å². The van der Waals surface area contributed by atoms with Gasteiger partial charge in [-0.25, -0.2) is 0 Å². The number of carbonyl (C=O) groups excluding carboxylic acids is 1. The average molecular weight is 278 g/mol. The van der Waals surface area contributed by atoms with Gasteiger partial charge in [0.1, 0.15) is 0 Å². The Morgan fingerprint density at radius 2 is 1.55 bits per heavy atom. The van der Waals surface area contributed by atoms with Crippen molar-refractivity contribution >= 4 is 12.1 Å². The molecule has 5 heteroatoms. The van der Waals surface area contributed by atoms with E-state index in [0.29, 0.717) is 0 Å². The predicted octanol–water partition coefficient (Wildman–Crippen LogP) is 3.78. The third-order valence-corrected chi connectivity index (χ3v) is 2.79. The summed E-state index contributed by atoms with van der Waals surface area (Å²) in [7, 11) is 0. The van der Waals surface area contributed by atoms with Crippen LogP contribution in [0.25, 0.3) is 0 Å². The molecule has 0 saturated carbocycles. The Kier molecular flexibility index (Phi) is 4.08. The third kappa shape index (κ3) is 3.17. The van der Waals surface area contributed by atoms with Crippen molar-refractivity contribution in [1.82, 2.24) is 0 Å². The monoisotopic (exact) mass is 278 g/mol. The first-order valence-corrected chi connectivity index (χ1v) is 5.88. The van der Waals surface area contributed by atoms with E-state index in [9.17, 15) is 18.0 Å². The number of para-hydroxylation sites is 1. The van der Waals surface area contributed by atoms with Gasteiger partial charge in [0.05, 0.1) is 17.8 Å². The standard InChI is InChI=1S/C15H11F3NO/c16-15(17,18)13-8-4-5-9-14(13)19(11-20)10-12-6-2-1-3-7-12/h1-9H,10H2. The second-order valence-electron chi connectivity index (χ2n) is 4.18. The van der Waals surface area contributed by atoms with Gasteiger partial charge in [0.15, 0.2) is 0 Å². The van der Waals surface area contributed by atoms with Crippen molar-refractivity contribution in [3.05, 3.63) is 65.7 Å². The van der Waals surface area contributed by atoms with Crippen LogP contribution in [0, 0.1) is 0 Å². The molecule has 0 fully saturated rings. The summed E-state index contributed by atoms with van der Waals surface area (Å²) in [5.74, 6) is 0. The lowest BCUT2D eigenvalue weighted by atomic mass is 10.1. The van der Waals surface area contributed by atoms with E-state index in [-0.39, 0.29) is 12.2 Å². The quantitative estimate of drug-likeness (QED) is 0.779. The molecule has 0 N–H and O–H groups in total. The van der Waals surface area contributed by atoms with Crippen molar-refractivity contribution in [1.29, 1.82) is 0 Å². The molecular formula is C15H11F3NO. The fourth-order valence-electron chi connectivity index (χ4n) is 1.88. The van der Waals surface area contributed by atoms with E-state index in [0.717, 1.165) is 16.5 Å². The predicted molar refractivity (Wildman–Crippen MR) is 69.8 cm³/mol. The number of benzene rings is 2. The molecule has 2 aromatic rings. The van der Waals surface area contributed by atoms with Crippen LogP contribution in [0.3, 0.4) is 0 Å². The van der Waals surface area contributed by atoms with Crippen LogP contribution in [0.1, 0.15) is 11.1 Å². The molecule has 0 bridgehead atoms. The van der Waals surface area contributed by atoms with Crippen LogP contribution in [0.4, 0.5) is 18.9 Å². The summed E-state index contributed by atoms with van der Waals surface area (Å²) in [5.41, 5.74) is -0.314. The molecule has 0 aliphatic rings. The average Bonchev–Trinajstić information content (AvgIpc) is 2.45. The van der Waals surface area contributed by atoms with Crippen LogP contribution in [0.15, 0.2) is 54.6 Å². The summed E-state index contributed by atoms with van der Waals surface area (Å²) in [6, 6.07) is 13.7. The summed E-state index contributed by atoms with van der Waals surface area (Å²) in [4.78, 5) is 12.0. The van der Waals surface area contributed by atoms with Gasteiger partial charge in [-0.15, -0.1) is 0 Å². The van der Waals surface area contributed by atoms with E-state index >= 15 is 0 Å². The number of nitrogens with zero attached hydrogens (tertiary/aromatic N) is 1. The van der Waals surface area contributed by atoms with Crippen LogP contribution < -0.4 is 4.90 Å². The lowest BCUT2D eigenvalue weighted by molar-refractivity contribution is -0.137. The third-order valence-electron chi connectivity index (χ3n) is 2.79. The van der Waals surface area contributed by atoms with E-state index in [1.807, 2.05) is 0 Å². The van der Waals surface area contributed by atoms with Gasteiger partial charge in [-0.2, -0.15) is 13.2 Å². The summed E-state index contributed by atoms with van der Waals surface area (Å²) in [6.45, 7) is 0.0391. The molecule has 1 radical (unpaired) electrons. The van der Waals surface area contributed by atoms with E-state index in [4.69, 9.17) is 0 Å². The molecule has 0 aliphatic carbocycles. The molecule has 2 nitrogen and oxygen atoms in total. The lowest BCUT2D eigenvalue weighted by Gasteiger charge is -2.21. The molecule has 0 atom stereocenters. The molecule has 0 heterocycles. The van der Waals surface area contributed by atoms with Gasteiger partial charge in [-0.05, 0) is 17.7 Å². The maximum absolute atomic E-state index is 12.9. The van der Waals surface area contributed by atoms with Crippen molar-refractivity contribution in [2.45, 2.75) is 12.7 Å². The van der Waals surface area contributed by atoms with Gasteiger partial charge in [-0.3, -0.25) is 9.69 Å². The molecule has 0 saturated heterocycles. The number of halogens is 3.